The molecule has 0 aromatic rings. The molecule has 3 nitrogen and oxygen atoms in total. The van der Waals surface area contributed by atoms with Gasteiger partial charge >= 0.3 is 0 Å². The van der Waals surface area contributed by atoms with E-state index in [0.29, 0.717) is 6.04 Å². The van der Waals surface area contributed by atoms with E-state index in [0.717, 1.165) is 18.4 Å². The standard InChI is InChI=1S/C13H29N3S/c1-11(2)7-8-12(3)16-13(14-4)15-9-6-10-17-5/h11-12H,6-10H2,1-5H3,(H2,14,15,16). The summed E-state index contributed by atoms with van der Waals surface area (Å²) in [7, 11) is 1.83. The SMILES string of the molecule is CN=C(NCCCSC)NC(C)CCC(C)C. The van der Waals surface area contributed by atoms with Crippen molar-refractivity contribution in [2.24, 2.45) is 10.9 Å². The summed E-state index contributed by atoms with van der Waals surface area (Å²) in [6.07, 6.45) is 5.78. The maximum Gasteiger partial charge on any atom is 0.191 e. The second-order valence-corrected chi connectivity index (χ2v) is 5.85. The van der Waals surface area contributed by atoms with Gasteiger partial charge in [-0.05, 0) is 44.1 Å². The van der Waals surface area contributed by atoms with Crippen molar-refractivity contribution in [3.63, 3.8) is 0 Å². The summed E-state index contributed by atoms with van der Waals surface area (Å²) in [5, 5.41) is 6.78. The minimum Gasteiger partial charge on any atom is -0.356 e. The van der Waals surface area contributed by atoms with Crippen molar-refractivity contribution < 1.29 is 0 Å². The van der Waals surface area contributed by atoms with Crippen molar-refractivity contribution >= 4 is 17.7 Å². The van der Waals surface area contributed by atoms with Crippen LogP contribution in [0.3, 0.4) is 0 Å². The van der Waals surface area contributed by atoms with Crippen LogP contribution in [0.5, 0.6) is 0 Å². The van der Waals surface area contributed by atoms with Crippen LogP contribution in [0.2, 0.25) is 0 Å². The number of nitrogens with one attached hydrogen (secondary N) is 2. The number of hydrogen-bond acceptors (Lipinski definition) is 2. The van der Waals surface area contributed by atoms with Crippen LogP contribution >= 0.6 is 11.8 Å². The third kappa shape index (κ3) is 10.5. The lowest BCUT2D eigenvalue weighted by molar-refractivity contribution is 0.489. The Morgan fingerprint density at radius 2 is 1.94 bits per heavy atom. The third-order valence-corrected chi connectivity index (χ3v) is 3.30. The quantitative estimate of drug-likeness (QED) is 0.400. The monoisotopic (exact) mass is 259 g/mol. The van der Waals surface area contributed by atoms with E-state index in [2.05, 4.69) is 42.7 Å². The van der Waals surface area contributed by atoms with Crippen molar-refractivity contribution in [2.45, 2.75) is 46.1 Å². The molecule has 0 saturated carbocycles. The Morgan fingerprint density at radius 1 is 1.24 bits per heavy atom. The molecule has 2 N–H and O–H groups in total. The van der Waals surface area contributed by atoms with Crippen LogP contribution in [0.15, 0.2) is 4.99 Å². The molecule has 102 valence electrons. The summed E-state index contributed by atoms with van der Waals surface area (Å²) in [5.74, 6) is 2.91. The first-order chi connectivity index (χ1) is 8.10. The highest BCUT2D eigenvalue weighted by molar-refractivity contribution is 7.98. The van der Waals surface area contributed by atoms with E-state index >= 15 is 0 Å². The Balaban J connectivity index is 3.73. The second-order valence-electron chi connectivity index (χ2n) is 4.86. The first-order valence-electron chi connectivity index (χ1n) is 6.56. The van der Waals surface area contributed by atoms with Gasteiger partial charge in [0.25, 0.3) is 0 Å². The molecular formula is C13H29N3S. The summed E-state index contributed by atoms with van der Waals surface area (Å²) in [4.78, 5) is 4.24. The van der Waals surface area contributed by atoms with Gasteiger partial charge in [0.05, 0.1) is 0 Å². The lowest BCUT2D eigenvalue weighted by Gasteiger charge is -2.18. The first-order valence-corrected chi connectivity index (χ1v) is 7.95. The molecule has 0 heterocycles. The molecule has 0 saturated heterocycles. The molecular weight excluding hydrogens is 230 g/mol. The second kappa shape index (κ2) is 10.8. The van der Waals surface area contributed by atoms with Gasteiger partial charge in [-0.3, -0.25) is 4.99 Å². The number of guanidine groups is 1. The third-order valence-electron chi connectivity index (χ3n) is 2.60. The Labute approximate surface area is 111 Å². The first kappa shape index (κ1) is 16.6. The molecule has 1 atom stereocenters. The van der Waals surface area contributed by atoms with Crippen LogP contribution in [-0.4, -0.2) is 37.6 Å². The van der Waals surface area contributed by atoms with Crippen LogP contribution in [0.4, 0.5) is 0 Å². The minimum absolute atomic E-state index is 0.490. The van der Waals surface area contributed by atoms with Crippen molar-refractivity contribution in [1.82, 2.24) is 10.6 Å². The van der Waals surface area contributed by atoms with Crippen LogP contribution in [0.25, 0.3) is 0 Å². The number of hydrogen-bond donors (Lipinski definition) is 2. The number of nitrogens with zero attached hydrogens (tertiary/aromatic N) is 1. The fraction of sp³-hybridized carbons (Fsp3) is 0.923. The number of rotatable bonds is 8. The van der Waals surface area contributed by atoms with Gasteiger partial charge in [0.2, 0.25) is 0 Å². The highest BCUT2D eigenvalue weighted by atomic mass is 32.2. The molecule has 0 radical (unpaired) electrons. The number of aliphatic imine (C=N–C) groups is 1. The molecule has 0 aliphatic carbocycles. The molecule has 0 aromatic carbocycles. The van der Waals surface area contributed by atoms with E-state index in [1.807, 2.05) is 18.8 Å². The Morgan fingerprint density at radius 3 is 2.47 bits per heavy atom. The summed E-state index contributed by atoms with van der Waals surface area (Å²) in [6, 6.07) is 0.490. The topological polar surface area (TPSA) is 36.4 Å². The predicted octanol–water partition coefficient (Wildman–Crippen LogP) is 2.73. The zero-order valence-electron chi connectivity index (χ0n) is 12.0. The molecule has 0 aliphatic rings. The Bertz CT molecular complexity index is 205. The lowest BCUT2D eigenvalue weighted by atomic mass is 10.0. The Hall–Kier alpha value is -0.380. The zero-order chi connectivity index (χ0) is 13.1. The molecule has 1 unspecified atom stereocenters. The van der Waals surface area contributed by atoms with Crippen LogP contribution in [-0.2, 0) is 0 Å². The molecule has 0 aliphatic heterocycles. The van der Waals surface area contributed by atoms with Crippen LogP contribution in [0.1, 0.15) is 40.0 Å². The average molecular weight is 259 g/mol. The molecule has 0 rings (SSSR count). The van der Waals surface area contributed by atoms with Crippen molar-refractivity contribution in [2.75, 3.05) is 25.6 Å². The highest BCUT2D eigenvalue weighted by Crippen LogP contribution is 2.06. The summed E-state index contributed by atoms with van der Waals surface area (Å²) < 4.78 is 0. The molecule has 17 heavy (non-hydrogen) atoms. The Kier molecular flexibility index (Phi) is 10.5. The van der Waals surface area contributed by atoms with Gasteiger partial charge in [-0.2, -0.15) is 11.8 Å². The summed E-state index contributed by atoms with van der Waals surface area (Å²) in [5.41, 5.74) is 0. The normalized spacial score (nSPS) is 13.9. The van der Waals surface area contributed by atoms with Gasteiger partial charge < -0.3 is 10.6 Å². The minimum atomic E-state index is 0.490. The molecule has 0 bridgehead atoms. The van der Waals surface area contributed by atoms with Gasteiger partial charge in [0, 0.05) is 19.6 Å². The maximum atomic E-state index is 4.24. The summed E-state index contributed by atoms with van der Waals surface area (Å²) in [6.45, 7) is 7.75. The smallest absolute Gasteiger partial charge is 0.191 e. The zero-order valence-corrected chi connectivity index (χ0v) is 12.9. The fourth-order valence-electron chi connectivity index (χ4n) is 1.51. The van der Waals surface area contributed by atoms with Crippen molar-refractivity contribution in [1.29, 1.82) is 0 Å². The predicted molar refractivity (Wildman–Crippen MR) is 81.0 cm³/mol. The van der Waals surface area contributed by atoms with Gasteiger partial charge in [-0.25, -0.2) is 0 Å². The molecule has 4 heteroatoms. The highest BCUT2D eigenvalue weighted by Gasteiger charge is 2.05. The van der Waals surface area contributed by atoms with E-state index in [-0.39, 0.29) is 0 Å². The molecule has 0 amide bonds. The van der Waals surface area contributed by atoms with Crippen LogP contribution < -0.4 is 10.6 Å². The van der Waals surface area contributed by atoms with Crippen molar-refractivity contribution in [3.05, 3.63) is 0 Å². The molecule has 0 fully saturated rings. The molecule has 0 spiro atoms. The maximum absolute atomic E-state index is 4.24. The van der Waals surface area contributed by atoms with E-state index in [9.17, 15) is 0 Å². The number of thioether (sulfide) groups is 1. The van der Waals surface area contributed by atoms with Gasteiger partial charge in [0.15, 0.2) is 5.96 Å². The fourth-order valence-corrected chi connectivity index (χ4v) is 1.94. The average Bonchev–Trinajstić information content (AvgIpc) is 2.30. The lowest BCUT2D eigenvalue weighted by Crippen LogP contribution is -2.42. The van der Waals surface area contributed by atoms with Crippen molar-refractivity contribution in [3.8, 4) is 0 Å². The molecule has 0 aromatic heterocycles. The van der Waals surface area contributed by atoms with Crippen LogP contribution in [0, 0.1) is 5.92 Å². The summed E-state index contributed by atoms with van der Waals surface area (Å²) >= 11 is 1.89. The van der Waals surface area contributed by atoms with Gasteiger partial charge in [-0.1, -0.05) is 13.8 Å². The van der Waals surface area contributed by atoms with E-state index in [4.69, 9.17) is 0 Å². The van der Waals surface area contributed by atoms with E-state index in [1.165, 1.54) is 25.0 Å². The van der Waals surface area contributed by atoms with Gasteiger partial charge in [-0.15, -0.1) is 0 Å². The van der Waals surface area contributed by atoms with E-state index in [1.54, 1.807) is 0 Å². The van der Waals surface area contributed by atoms with Gasteiger partial charge in [0.1, 0.15) is 0 Å². The largest absolute Gasteiger partial charge is 0.356 e. The van der Waals surface area contributed by atoms with E-state index < -0.39 is 0 Å².